The highest BCUT2D eigenvalue weighted by Crippen LogP contribution is 2.37. The molecule has 1 saturated carbocycles. The first-order valence-corrected chi connectivity index (χ1v) is 5.10. The summed E-state index contributed by atoms with van der Waals surface area (Å²) in [5, 5.41) is 3.92. The molecule has 0 spiro atoms. The minimum absolute atomic E-state index is 0.103. The molecule has 0 heterocycles. The number of nitrogens with one attached hydrogen (secondary N) is 1. The zero-order valence-electron chi connectivity index (χ0n) is 6.98. The normalized spacial score (nSPS) is 20.0. The van der Waals surface area contributed by atoms with E-state index in [4.69, 9.17) is 0 Å². The maximum Gasteiger partial charge on any atom is 0.223 e. The number of carbonyl (C=O) groups excluding carboxylic acids is 1. The molecule has 1 rings (SSSR count). The average molecular weight is 220 g/mol. The number of rotatable bonds is 3. The maximum atomic E-state index is 11.2. The number of hydrogen-bond donors (Lipinski definition) is 1. The average Bonchev–Trinajstić information content (AvgIpc) is 2.69. The lowest BCUT2D eigenvalue weighted by molar-refractivity contribution is -0.124. The van der Waals surface area contributed by atoms with Gasteiger partial charge in [0.2, 0.25) is 5.91 Å². The largest absolute Gasteiger partial charge is 0.350 e. The Bertz CT molecular complexity index is 163. The van der Waals surface area contributed by atoms with Gasteiger partial charge in [0.05, 0.1) is 0 Å². The molecular formula is C8H14BrNO. The van der Waals surface area contributed by atoms with E-state index in [1.807, 2.05) is 13.8 Å². The van der Waals surface area contributed by atoms with Crippen LogP contribution in [0, 0.1) is 5.92 Å². The summed E-state index contributed by atoms with van der Waals surface area (Å²) < 4.78 is 0. The standard InChI is InChI=1S/C8H14BrNO/c1-6(2)7(11)10-8(5-9)3-4-8/h6H,3-5H2,1-2H3,(H,10,11). The Kier molecular flexibility index (Phi) is 2.58. The van der Waals surface area contributed by atoms with Crippen LogP contribution in [0.2, 0.25) is 0 Å². The number of carbonyl (C=O) groups is 1. The fourth-order valence-electron chi connectivity index (χ4n) is 0.849. The molecule has 3 heteroatoms. The number of alkyl halides is 1. The van der Waals surface area contributed by atoms with Gasteiger partial charge in [-0.25, -0.2) is 0 Å². The monoisotopic (exact) mass is 219 g/mol. The van der Waals surface area contributed by atoms with Gasteiger partial charge in [-0.15, -0.1) is 0 Å². The van der Waals surface area contributed by atoms with Crippen LogP contribution in [0.4, 0.5) is 0 Å². The van der Waals surface area contributed by atoms with E-state index in [0.717, 1.165) is 18.2 Å². The van der Waals surface area contributed by atoms with Crippen LogP contribution in [0.1, 0.15) is 26.7 Å². The van der Waals surface area contributed by atoms with Gasteiger partial charge in [0.25, 0.3) is 0 Å². The third kappa shape index (κ3) is 2.19. The molecule has 0 unspecified atom stereocenters. The zero-order valence-corrected chi connectivity index (χ0v) is 8.57. The highest BCUT2D eigenvalue weighted by Gasteiger charge is 2.42. The lowest BCUT2D eigenvalue weighted by atomic mass is 10.2. The maximum absolute atomic E-state index is 11.2. The van der Waals surface area contributed by atoms with Crippen molar-refractivity contribution in [2.75, 3.05) is 5.33 Å². The smallest absolute Gasteiger partial charge is 0.223 e. The lowest BCUT2D eigenvalue weighted by Gasteiger charge is -2.15. The minimum Gasteiger partial charge on any atom is -0.350 e. The van der Waals surface area contributed by atoms with E-state index in [-0.39, 0.29) is 17.4 Å². The van der Waals surface area contributed by atoms with Crippen molar-refractivity contribution in [3.05, 3.63) is 0 Å². The molecule has 1 amide bonds. The molecule has 0 radical (unpaired) electrons. The third-order valence-electron chi connectivity index (χ3n) is 2.02. The Morgan fingerprint density at radius 2 is 2.18 bits per heavy atom. The van der Waals surface area contributed by atoms with Gasteiger partial charge >= 0.3 is 0 Å². The number of amides is 1. The van der Waals surface area contributed by atoms with Crippen LogP contribution in [0.3, 0.4) is 0 Å². The molecule has 0 aromatic carbocycles. The quantitative estimate of drug-likeness (QED) is 0.720. The molecule has 1 fully saturated rings. The molecule has 2 nitrogen and oxygen atoms in total. The summed E-state index contributed by atoms with van der Waals surface area (Å²) >= 11 is 3.40. The second-order valence-corrected chi connectivity index (χ2v) is 4.12. The highest BCUT2D eigenvalue weighted by molar-refractivity contribution is 9.09. The van der Waals surface area contributed by atoms with E-state index in [1.165, 1.54) is 0 Å². The van der Waals surface area contributed by atoms with E-state index in [1.54, 1.807) is 0 Å². The highest BCUT2D eigenvalue weighted by atomic mass is 79.9. The van der Waals surface area contributed by atoms with Crippen molar-refractivity contribution in [1.29, 1.82) is 0 Å². The molecule has 11 heavy (non-hydrogen) atoms. The van der Waals surface area contributed by atoms with E-state index in [2.05, 4.69) is 21.2 Å². The Labute approximate surface area is 75.9 Å². The summed E-state index contributed by atoms with van der Waals surface area (Å²) in [4.78, 5) is 11.2. The summed E-state index contributed by atoms with van der Waals surface area (Å²) in [6, 6.07) is 0. The second-order valence-electron chi connectivity index (χ2n) is 3.56. The van der Waals surface area contributed by atoms with Gasteiger partial charge in [-0.3, -0.25) is 4.79 Å². The second kappa shape index (κ2) is 3.13. The van der Waals surface area contributed by atoms with Crippen LogP contribution in [0.15, 0.2) is 0 Å². The van der Waals surface area contributed by atoms with Crippen molar-refractivity contribution in [3.63, 3.8) is 0 Å². The summed E-state index contributed by atoms with van der Waals surface area (Å²) in [5.74, 6) is 0.272. The van der Waals surface area contributed by atoms with Crippen LogP contribution >= 0.6 is 15.9 Å². The molecule has 64 valence electrons. The van der Waals surface area contributed by atoms with Gasteiger partial charge in [-0.2, -0.15) is 0 Å². The predicted molar refractivity (Wildman–Crippen MR) is 48.7 cm³/mol. The van der Waals surface area contributed by atoms with Crippen molar-refractivity contribution in [1.82, 2.24) is 5.32 Å². The molecule has 1 aliphatic carbocycles. The molecular weight excluding hydrogens is 206 g/mol. The molecule has 0 atom stereocenters. The minimum atomic E-state index is 0.103. The van der Waals surface area contributed by atoms with Crippen LogP contribution in [-0.4, -0.2) is 16.8 Å². The molecule has 1 aliphatic rings. The number of halogens is 1. The molecule has 0 saturated heterocycles. The molecule has 0 aliphatic heterocycles. The molecule has 1 N–H and O–H groups in total. The van der Waals surface area contributed by atoms with Crippen molar-refractivity contribution < 1.29 is 4.79 Å². The SMILES string of the molecule is CC(C)C(=O)NC1(CBr)CC1. The first kappa shape index (κ1) is 9.04. The van der Waals surface area contributed by atoms with Gasteiger partial charge in [0, 0.05) is 16.8 Å². The van der Waals surface area contributed by atoms with E-state index in [0.29, 0.717) is 0 Å². The van der Waals surface area contributed by atoms with Gasteiger partial charge in [-0.05, 0) is 12.8 Å². The first-order chi connectivity index (χ1) is 5.09. The fraction of sp³-hybridized carbons (Fsp3) is 0.875. The van der Waals surface area contributed by atoms with Crippen LogP contribution < -0.4 is 5.32 Å². The Morgan fingerprint density at radius 3 is 2.45 bits per heavy atom. The third-order valence-corrected chi connectivity index (χ3v) is 3.10. The van der Waals surface area contributed by atoms with Crippen LogP contribution in [-0.2, 0) is 4.79 Å². The predicted octanol–water partition coefficient (Wildman–Crippen LogP) is 1.69. The van der Waals surface area contributed by atoms with E-state index in [9.17, 15) is 4.79 Å². The summed E-state index contributed by atoms with van der Waals surface area (Å²) in [6.07, 6.45) is 2.24. The topological polar surface area (TPSA) is 29.1 Å². The van der Waals surface area contributed by atoms with Crippen molar-refractivity contribution in [3.8, 4) is 0 Å². The molecule has 0 aromatic heterocycles. The zero-order chi connectivity index (χ0) is 8.48. The Balaban J connectivity index is 2.36. The van der Waals surface area contributed by atoms with E-state index < -0.39 is 0 Å². The van der Waals surface area contributed by atoms with Gasteiger partial charge in [0.1, 0.15) is 0 Å². The Morgan fingerprint density at radius 1 is 1.64 bits per heavy atom. The fourth-order valence-corrected chi connectivity index (χ4v) is 1.55. The Hall–Kier alpha value is -0.0500. The van der Waals surface area contributed by atoms with E-state index >= 15 is 0 Å². The summed E-state index contributed by atoms with van der Waals surface area (Å²) in [7, 11) is 0. The van der Waals surface area contributed by atoms with Gasteiger partial charge in [-0.1, -0.05) is 29.8 Å². The van der Waals surface area contributed by atoms with Crippen molar-refractivity contribution >= 4 is 21.8 Å². The van der Waals surface area contributed by atoms with Crippen LogP contribution in [0.25, 0.3) is 0 Å². The van der Waals surface area contributed by atoms with Crippen molar-refractivity contribution in [2.24, 2.45) is 5.92 Å². The van der Waals surface area contributed by atoms with Crippen LogP contribution in [0.5, 0.6) is 0 Å². The van der Waals surface area contributed by atoms with Gasteiger partial charge < -0.3 is 5.32 Å². The van der Waals surface area contributed by atoms with Gasteiger partial charge in [0.15, 0.2) is 0 Å². The molecule has 0 aromatic rings. The first-order valence-electron chi connectivity index (χ1n) is 3.98. The number of hydrogen-bond acceptors (Lipinski definition) is 1. The lowest BCUT2D eigenvalue weighted by Crippen LogP contribution is -2.40. The molecule has 0 bridgehead atoms. The summed E-state index contributed by atoms with van der Waals surface area (Å²) in [5.41, 5.74) is 0.112. The van der Waals surface area contributed by atoms with Crippen molar-refractivity contribution in [2.45, 2.75) is 32.2 Å². The summed E-state index contributed by atoms with van der Waals surface area (Å²) in [6.45, 7) is 3.83.